The van der Waals surface area contributed by atoms with E-state index < -0.39 is 12.1 Å². The zero-order valence-electron chi connectivity index (χ0n) is 17.3. The van der Waals surface area contributed by atoms with Crippen LogP contribution in [0.15, 0.2) is 42.9 Å². The Morgan fingerprint density at radius 2 is 1.94 bits per heavy atom. The molecule has 2 fully saturated rings. The van der Waals surface area contributed by atoms with Gasteiger partial charge in [0.25, 0.3) is 5.91 Å². The molecular weight excluding hydrogens is 448 g/mol. The van der Waals surface area contributed by atoms with Gasteiger partial charge in [0.1, 0.15) is 11.5 Å². The zero-order chi connectivity index (χ0) is 24.0. The highest BCUT2D eigenvalue weighted by molar-refractivity contribution is 5.91. The van der Waals surface area contributed by atoms with Gasteiger partial charge < -0.3 is 15.2 Å². The molecule has 2 aliphatic heterocycles. The van der Waals surface area contributed by atoms with E-state index in [9.17, 15) is 22.4 Å². The highest BCUT2D eigenvalue weighted by Crippen LogP contribution is 2.34. The predicted octanol–water partition coefficient (Wildman–Crippen LogP) is 2.13. The summed E-state index contributed by atoms with van der Waals surface area (Å²) < 4.78 is 51.5. The Balaban J connectivity index is 0.000000383. The predicted molar refractivity (Wildman–Crippen MR) is 106 cm³/mol. The lowest BCUT2D eigenvalue weighted by molar-refractivity contribution is -0.192. The fourth-order valence-corrected chi connectivity index (χ4v) is 3.82. The van der Waals surface area contributed by atoms with E-state index in [-0.39, 0.29) is 23.7 Å². The first-order valence-corrected chi connectivity index (χ1v) is 10.1. The van der Waals surface area contributed by atoms with Crippen molar-refractivity contribution >= 4 is 11.9 Å². The smallest absolute Gasteiger partial charge is 0.475 e. The lowest BCUT2D eigenvalue weighted by Crippen LogP contribution is -2.34. The number of nitrogens with one attached hydrogen (secondary N) is 1. The van der Waals surface area contributed by atoms with Crippen LogP contribution in [0.3, 0.4) is 0 Å². The second-order valence-corrected chi connectivity index (χ2v) is 7.68. The minimum atomic E-state index is -5.08. The molecule has 12 heteroatoms. The third-order valence-corrected chi connectivity index (χ3v) is 5.43. The summed E-state index contributed by atoms with van der Waals surface area (Å²) in [5.41, 5.74) is 1.02. The number of carboxylic acids is 1. The molecule has 3 atom stereocenters. The van der Waals surface area contributed by atoms with Crippen molar-refractivity contribution in [3.05, 3.63) is 59.9 Å². The number of carbonyl (C=O) groups is 2. The Labute approximate surface area is 186 Å². The van der Waals surface area contributed by atoms with E-state index in [1.807, 2.05) is 12.1 Å². The molecule has 0 radical (unpaired) electrons. The van der Waals surface area contributed by atoms with Crippen molar-refractivity contribution in [2.24, 2.45) is 11.8 Å². The summed E-state index contributed by atoms with van der Waals surface area (Å²) in [6, 6.07) is 6.88. The van der Waals surface area contributed by atoms with Gasteiger partial charge in [-0.05, 0) is 6.07 Å². The molecule has 1 aromatic heterocycles. The summed E-state index contributed by atoms with van der Waals surface area (Å²) in [5.74, 6) is -2.54. The molecule has 2 aliphatic rings. The Bertz CT molecular complexity index is 961. The molecule has 2 saturated heterocycles. The van der Waals surface area contributed by atoms with Crippen LogP contribution in [0, 0.1) is 17.7 Å². The fraction of sp³-hybridized carbons (Fsp3) is 0.429. The van der Waals surface area contributed by atoms with E-state index >= 15 is 0 Å². The minimum absolute atomic E-state index is 0.153. The van der Waals surface area contributed by atoms with Gasteiger partial charge in [-0.2, -0.15) is 13.2 Å². The SMILES string of the molecule is O=C(NC[C@H]1CO[C@@H]2CN(Cc3ccccc3F)C[C@H]12)c1cnccn1.O=C(O)C(F)(F)F. The molecule has 0 aliphatic carbocycles. The summed E-state index contributed by atoms with van der Waals surface area (Å²) in [5, 5.41) is 10.1. The van der Waals surface area contributed by atoms with Crippen LogP contribution in [0.25, 0.3) is 0 Å². The summed E-state index contributed by atoms with van der Waals surface area (Å²) in [7, 11) is 0. The highest BCUT2D eigenvalue weighted by Gasteiger charge is 2.43. The van der Waals surface area contributed by atoms with Crippen molar-refractivity contribution in [3.63, 3.8) is 0 Å². The number of benzene rings is 1. The first kappa shape index (κ1) is 24.5. The zero-order valence-corrected chi connectivity index (χ0v) is 17.3. The number of aliphatic carboxylic acids is 1. The number of halogens is 4. The number of fused-ring (bicyclic) bond motifs is 1. The van der Waals surface area contributed by atoms with Crippen LogP contribution in [-0.4, -0.2) is 70.4 Å². The van der Waals surface area contributed by atoms with Gasteiger partial charge in [-0.15, -0.1) is 0 Å². The number of aromatic nitrogens is 2. The van der Waals surface area contributed by atoms with Gasteiger partial charge in [0.05, 0.1) is 18.9 Å². The van der Waals surface area contributed by atoms with Crippen LogP contribution in [0.5, 0.6) is 0 Å². The fourth-order valence-electron chi connectivity index (χ4n) is 3.82. The number of rotatable bonds is 5. The van der Waals surface area contributed by atoms with E-state index in [1.54, 1.807) is 6.07 Å². The highest BCUT2D eigenvalue weighted by atomic mass is 19.4. The van der Waals surface area contributed by atoms with E-state index in [4.69, 9.17) is 14.6 Å². The quantitative estimate of drug-likeness (QED) is 0.645. The Kier molecular flexibility index (Phi) is 7.92. The molecule has 4 rings (SSSR count). The van der Waals surface area contributed by atoms with Crippen LogP contribution in [0.4, 0.5) is 17.6 Å². The number of hydrogen-bond acceptors (Lipinski definition) is 6. The second kappa shape index (κ2) is 10.7. The standard InChI is InChI=1S/C19H21FN4O2.C2HF3O2/c20-16-4-2-1-3-13(16)9-24-10-15-14(12-26-18(15)11-24)7-23-19(25)17-8-21-5-6-22-17;3-2(4,5)1(6)7/h1-6,8,14-15,18H,7,9-12H2,(H,23,25);(H,6,7)/t14-,15+,18+;/m0./s1. The van der Waals surface area contributed by atoms with Crippen LogP contribution < -0.4 is 5.32 Å². The van der Waals surface area contributed by atoms with Crippen LogP contribution in [0.2, 0.25) is 0 Å². The number of carbonyl (C=O) groups excluding carboxylic acids is 1. The second-order valence-electron chi connectivity index (χ2n) is 7.68. The maximum absolute atomic E-state index is 13.9. The topological polar surface area (TPSA) is 105 Å². The number of likely N-dealkylation sites (tertiary alicyclic amines) is 1. The number of hydrogen-bond donors (Lipinski definition) is 2. The van der Waals surface area contributed by atoms with Gasteiger partial charge in [-0.25, -0.2) is 14.2 Å². The van der Waals surface area contributed by atoms with Crippen molar-refractivity contribution in [3.8, 4) is 0 Å². The molecule has 33 heavy (non-hydrogen) atoms. The maximum Gasteiger partial charge on any atom is 0.490 e. The van der Waals surface area contributed by atoms with E-state index in [0.29, 0.717) is 36.9 Å². The van der Waals surface area contributed by atoms with Crippen molar-refractivity contribution in [2.75, 3.05) is 26.2 Å². The Morgan fingerprint density at radius 3 is 2.58 bits per heavy atom. The number of carboxylic acid groups (broad SMARTS) is 1. The lowest BCUT2D eigenvalue weighted by Gasteiger charge is -2.20. The molecule has 3 heterocycles. The molecule has 2 aromatic rings. The average Bonchev–Trinajstić information content (AvgIpc) is 3.34. The molecule has 178 valence electrons. The largest absolute Gasteiger partial charge is 0.490 e. The van der Waals surface area contributed by atoms with Crippen molar-refractivity contribution < 1.29 is 37.0 Å². The summed E-state index contributed by atoms with van der Waals surface area (Å²) in [6.45, 7) is 3.42. The first-order chi connectivity index (χ1) is 15.6. The summed E-state index contributed by atoms with van der Waals surface area (Å²) in [4.78, 5) is 31.2. The molecule has 0 saturated carbocycles. The number of ether oxygens (including phenoxy) is 1. The molecular formula is C21H22F4N4O4. The summed E-state index contributed by atoms with van der Waals surface area (Å²) >= 11 is 0. The Morgan fingerprint density at radius 1 is 1.21 bits per heavy atom. The first-order valence-electron chi connectivity index (χ1n) is 10.1. The third kappa shape index (κ3) is 6.68. The van der Waals surface area contributed by atoms with Gasteiger partial charge >= 0.3 is 12.1 Å². The van der Waals surface area contributed by atoms with Crippen molar-refractivity contribution in [1.82, 2.24) is 20.2 Å². The normalized spacial score (nSPS) is 22.2. The van der Waals surface area contributed by atoms with Crippen LogP contribution in [0.1, 0.15) is 16.1 Å². The van der Waals surface area contributed by atoms with E-state index in [1.165, 1.54) is 24.7 Å². The third-order valence-electron chi connectivity index (χ3n) is 5.43. The molecule has 2 N–H and O–H groups in total. The molecule has 0 spiro atoms. The van der Waals surface area contributed by atoms with Crippen molar-refractivity contribution in [1.29, 1.82) is 0 Å². The number of nitrogens with zero attached hydrogens (tertiary/aromatic N) is 3. The van der Waals surface area contributed by atoms with Gasteiger partial charge in [0, 0.05) is 56.0 Å². The van der Waals surface area contributed by atoms with Gasteiger partial charge in [0.2, 0.25) is 0 Å². The van der Waals surface area contributed by atoms with Gasteiger partial charge in [-0.3, -0.25) is 14.7 Å². The maximum atomic E-state index is 13.9. The summed E-state index contributed by atoms with van der Waals surface area (Å²) in [6.07, 6.45) is -0.439. The van der Waals surface area contributed by atoms with Gasteiger partial charge in [-0.1, -0.05) is 18.2 Å². The van der Waals surface area contributed by atoms with E-state index in [2.05, 4.69) is 20.2 Å². The molecule has 0 unspecified atom stereocenters. The number of amides is 1. The number of alkyl halides is 3. The molecule has 1 aromatic carbocycles. The molecule has 1 amide bonds. The Hall–Kier alpha value is -3.12. The van der Waals surface area contributed by atoms with Crippen molar-refractivity contribution in [2.45, 2.75) is 18.8 Å². The lowest BCUT2D eigenvalue weighted by atomic mass is 9.93. The van der Waals surface area contributed by atoms with Crippen LogP contribution >= 0.6 is 0 Å². The van der Waals surface area contributed by atoms with E-state index in [0.717, 1.165) is 13.1 Å². The van der Waals surface area contributed by atoms with Gasteiger partial charge in [0.15, 0.2) is 0 Å². The van der Waals surface area contributed by atoms with Crippen LogP contribution in [-0.2, 0) is 16.1 Å². The monoisotopic (exact) mass is 470 g/mol. The molecule has 0 bridgehead atoms. The minimum Gasteiger partial charge on any atom is -0.475 e. The average molecular weight is 470 g/mol. The molecule has 8 nitrogen and oxygen atoms in total.